The Morgan fingerprint density at radius 3 is 2.33 bits per heavy atom. The van der Waals surface area contributed by atoms with Gasteiger partial charge in [0.15, 0.2) is 0 Å². The van der Waals surface area contributed by atoms with E-state index in [1.54, 1.807) is 31.2 Å². The minimum atomic E-state index is -3.78. The van der Waals surface area contributed by atoms with Gasteiger partial charge in [0.2, 0.25) is 15.9 Å². The lowest BCUT2D eigenvalue weighted by Gasteiger charge is -2.30. The van der Waals surface area contributed by atoms with Crippen LogP contribution in [0.15, 0.2) is 42.5 Å². The summed E-state index contributed by atoms with van der Waals surface area (Å²) in [5, 5.41) is 3.27. The molecule has 0 aliphatic carbocycles. The Bertz CT molecular complexity index is 914. The van der Waals surface area contributed by atoms with E-state index >= 15 is 0 Å². The van der Waals surface area contributed by atoms with Crippen LogP contribution in [0, 0.1) is 0 Å². The van der Waals surface area contributed by atoms with Crippen LogP contribution >= 0.6 is 23.2 Å². The van der Waals surface area contributed by atoms with Gasteiger partial charge in [-0.25, -0.2) is 8.42 Å². The van der Waals surface area contributed by atoms with Crippen molar-refractivity contribution in [1.82, 2.24) is 0 Å². The molecule has 1 N–H and O–H groups in total. The Labute approximate surface area is 169 Å². The van der Waals surface area contributed by atoms with Gasteiger partial charge in [0.1, 0.15) is 11.8 Å². The van der Waals surface area contributed by atoms with Crippen molar-refractivity contribution < 1.29 is 17.9 Å². The summed E-state index contributed by atoms with van der Waals surface area (Å²) in [5.74, 6) is 0.0923. The molecule has 0 heterocycles. The topological polar surface area (TPSA) is 75.7 Å². The highest BCUT2D eigenvalue weighted by Crippen LogP contribution is 2.30. The quantitative estimate of drug-likeness (QED) is 0.714. The highest BCUT2D eigenvalue weighted by molar-refractivity contribution is 7.92. The Morgan fingerprint density at radius 1 is 1.19 bits per heavy atom. The van der Waals surface area contributed by atoms with E-state index in [9.17, 15) is 13.2 Å². The molecular formula is C18H20Cl2N2O4S. The number of hydrogen-bond acceptors (Lipinski definition) is 4. The molecule has 0 aliphatic rings. The summed E-state index contributed by atoms with van der Waals surface area (Å²) in [4.78, 5) is 12.9. The predicted octanol–water partition coefficient (Wildman–Crippen LogP) is 4.19. The number of methoxy groups -OCH3 is 1. The number of ether oxygens (including phenoxy) is 1. The summed E-state index contributed by atoms with van der Waals surface area (Å²) in [7, 11) is -2.26. The van der Waals surface area contributed by atoms with Crippen molar-refractivity contribution in [1.29, 1.82) is 0 Å². The minimum absolute atomic E-state index is 0.225. The number of carbonyl (C=O) groups excluding carboxylic acids is 1. The molecule has 0 spiro atoms. The number of nitrogens with one attached hydrogen (secondary N) is 1. The van der Waals surface area contributed by atoms with Crippen LogP contribution in [-0.2, 0) is 14.8 Å². The second kappa shape index (κ2) is 8.82. The van der Waals surface area contributed by atoms with Crippen LogP contribution in [0.2, 0.25) is 10.0 Å². The van der Waals surface area contributed by atoms with E-state index in [2.05, 4.69) is 5.32 Å². The molecule has 2 aromatic carbocycles. The summed E-state index contributed by atoms with van der Waals surface area (Å²) in [6.07, 6.45) is 1.27. The van der Waals surface area contributed by atoms with Gasteiger partial charge < -0.3 is 10.1 Å². The second-order valence-corrected chi connectivity index (χ2v) is 8.56. The van der Waals surface area contributed by atoms with Crippen molar-refractivity contribution in [3.63, 3.8) is 0 Å². The number of carbonyl (C=O) groups is 1. The normalized spacial score (nSPS) is 12.3. The van der Waals surface area contributed by atoms with Crippen molar-refractivity contribution in [2.24, 2.45) is 0 Å². The summed E-state index contributed by atoms with van der Waals surface area (Å²) >= 11 is 12.0. The van der Waals surface area contributed by atoms with E-state index < -0.39 is 22.0 Å². The fraction of sp³-hybridized carbons (Fsp3) is 0.278. The zero-order valence-electron chi connectivity index (χ0n) is 15.1. The van der Waals surface area contributed by atoms with Crippen LogP contribution in [0.1, 0.15) is 13.3 Å². The molecule has 146 valence electrons. The first-order chi connectivity index (χ1) is 12.7. The van der Waals surface area contributed by atoms with Crippen molar-refractivity contribution in [2.75, 3.05) is 23.0 Å². The average molecular weight is 431 g/mol. The molecule has 0 fully saturated rings. The predicted molar refractivity (Wildman–Crippen MR) is 109 cm³/mol. The maximum absolute atomic E-state index is 12.9. The maximum Gasteiger partial charge on any atom is 0.248 e. The number of hydrogen-bond donors (Lipinski definition) is 1. The van der Waals surface area contributed by atoms with E-state index in [0.717, 1.165) is 10.6 Å². The maximum atomic E-state index is 12.9. The lowest BCUT2D eigenvalue weighted by atomic mass is 10.1. The number of halogens is 2. The van der Waals surface area contributed by atoms with Crippen molar-refractivity contribution >= 4 is 50.5 Å². The van der Waals surface area contributed by atoms with Crippen LogP contribution in [-0.4, -0.2) is 33.7 Å². The molecule has 0 saturated heterocycles. The van der Waals surface area contributed by atoms with Gasteiger partial charge in [-0.3, -0.25) is 9.10 Å². The fourth-order valence-electron chi connectivity index (χ4n) is 2.65. The Morgan fingerprint density at radius 2 is 1.81 bits per heavy atom. The summed E-state index contributed by atoms with van der Waals surface area (Å²) < 4.78 is 31.1. The molecule has 0 radical (unpaired) electrons. The van der Waals surface area contributed by atoms with Crippen molar-refractivity contribution in [3.05, 3.63) is 52.5 Å². The zero-order valence-corrected chi connectivity index (χ0v) is 17.4. The fourth-order valence-corrected chi connectivity index (χ4v) is 4.36. The number of anilines is 2. The smallest absolute Gasteiger partial charge is 0.248 e. The highest BCUT2D eigenvalue weighted by atomic mass is 35.5. The average Bonchev–Trinajstić information content (AvgIpc) is 2.57. The van der Waals surface area contributed by atoms with Crippen LogP contribution in [0.25, 0.3) is 0 Å². The molecule has 2 rings (SSSR count). The van der Waals surface area contributed by atoms with Gasteiger partial charge in [0.25, 0.3) is 0 Å². The largest absolute Gasteiger partial charge is 0.497 e. The molecule has 0 bridgehead atoms. The van der Waals surface area contributed by atoms with Crippen LogP contribution < -0.4 is 14.4 Å². The van der Waals surface area contributed by atoms with E-state index in [0.29, 0.717) is 11.4 Å². The molecule has 2 aromatic rings. The van der Waals surface area contributed by atoms with Gasteiger partial charge in [-0.2, -0.15) is 0 Å². The molecule has 6 nitrogen and oxygen atoms in total. The third kappa shape index (κ3) is 5.51. The van der Waals surface area contributed by atoms with Gasteiger partial charge >= 0.3 is 0 Å². The van der Waals surface area contributed by atoms with Crippen molar-refractivity contribution in [2.45, 2.75) is 19.4 Å². The molecule has 0 unspecified atom stereocenters. The number of benzene rings is 2. The van der Waals surface area contributed by atoms with E-state index in [1.165, 1.54) is 25.3 Å². The van der Waals surface area contributed by atoms with Gasteiger partial charge in [0.05, 0.1) is 19.1 Å². The molecule has 27 heavy (non-hydrogen) atoms. The van der Waals surface area contributed by atoms with Gasteiger partial charge in [-0.05, 0) is 36.8 Å². The SMILES string of the molecule is CC[C@@H](C(=O)Nc1cccc(OC)c1)N(c1cc(Cl)cc(Cl)c1)S(C)(=O)=O. The third-order valence-electron chi connectivity index (χ3n) is 3.77. The standard InChI is InChI=1S/C18H20Cl2N2O4S/c1-4-17(18(23)21-14-6-5-7-16(11-14)26-2)22(27(3,24)25)15-9-12(19)8-13(20)10-15/h5-11,17H,4H2,1-3H3,(H,21,23)/t17-/m0/s1. The first-order valence-corrected chi connectivity index (χ1v) is 10.7. The van der Waals surface area contributed by atoms with E-state index in [1.807, 2.05) is 0 Å². The number of nitrogens with zero attached hydrogens (tertiary/aromatic N) is 1. The first-order valence-electron chi connectivity index (χ1n) is 8.06. The molecule has 1 amide bonds. The van der Waals surface area contributed by atoms with E-state index in [-0.39, 0.29) is 22.2 Å². The highest BCUT2D eigenvalue weighted by Gasteiger charge is 2.32. The number of rotatable bonds is 7. The second-order valence-electron chi connectivity index (χ2n) is 5.83. The number of sulfonamides is 1. The van der Waals surface area contributed by atoms with E-state index in [4.69, 9.17) is 27.9 Å². The Kier molecular flexibility index (Phi) is 6.97. The molecular weight excluding hydrogens is 411 g/mol. The van der Waals surface area contributed by atoms with Crippen LogP contribution in [0.5, 0.6) is 5.75 Å². The minimum Gasteiger partial charge on any atom is -0.497 e. The zero-order chi connectivity index (χ0) is 20.2. The molecule has 1 atom stereocenters. The summed E-state index contributed by atoms with van der Waals surface area (Å²) in [5.41, 5.74) is 0.720. The Balaban J connectivity index is 2.41. The molecule has 9 heteroatoms. The lowest BCUT2D eigenvalue weighted by Crippen LogP contribution is -2.47. The summed E-state index contributed by atoms with van der Waals surface area (Å²) in [6.45, 7) is 1.72. The van der Waals surface area contributed by atoms with Gasteiger partial charge in [-0.1, -0.05) is 36.2 Å². The first kappa shape index (κ1) is 21.3. The third-order valence-corrected chi connectivity index (χ3v) is 5.39. The molecule has 0 aliphatic heterocycles. The van der Waals surface area contributed by atoms with Gasteiger partial charge in [-0.15, -0.1) is 0 Å². The Hall–Kier alpha value is -1.96. The number of amides is 1. The monoisotopic (exact) mass is 430 g/mol. The summed E-state index contributed by atoms with van der Waals surface area (Å²) in [6, 6.07) is 10.2. The van der Waals surface area contributed by atoms with Crippen molar-refractivity contribution in [3.8, 4) is 5.75 Å². The van der Waals surface area contributed by atoms with Crippen LogP contribution in [0.3, 0.4) is 0 Å². The molecule has 0 aromatic heterocycles. The van der Waals surface area contributed by atoms with Gasteiger partial charge in [0, 0.05) is 21.8 Å². The molecule has 0 saturated carbocycles. The lowest BCUT2D eigenvalue weighted by molar-refractivity contribution is -0.117. The van der Waals surface area contributed by atoms with Crippen LogP contribution in [0.4, 0.5) is 11.4 Å².